The molecule has 3 aromatic rings. The molecular formula is C24H19N3O2S2. The first-order valence-electron chi connectivity index (χ1n) is 9.58. The fourth-order valence-corrected chi connectivity index (χ4v) is 4.44. The summed E-state index contributed by atoms with van der Waals surface area (Å²) in [4.78, 5) is 15.0. The topological polar surface area (TPSA) is 65.3 Å². The zero-order chi connectivity index (χ0) is 22.0. The van der Waals surface area contributed by atoms with E-state index in [4.69, 9.17) is 12.2 Å². The summed E-state index contributed by atoms with van der Waals surface area (Å²) in [6.45, 7) is 3.90. The number of anilines is 1. The van der Waals surface area contributed by atoms with E-state index in [9.17, 15) is 9.90 Å². The Balaban J connectivity index is 1.60. The zero-order valence-corrected chi connectivity index (χ0v) is 18.6. The van der Waals surface area contributed by atoms with E-state index in [1.54, 1.807) is 30.3 Å². The van der Waals surface area contributed by atoms with Crippen LogP contribution in [0.25, 0.3) is 6.08 Å². The number of phenols is 1. The smallest absolute Gasteiger partial charge is 0.270 e. The Bertz CT molecular complexity index is 1250. The molecule has 0 atom stereocenters. The molecule has 1 aliphatic rings. The van der Waals surface area contributed by atoms with Crippen LogP contribution in [0.5, 0.6) is 5.75 Å². The molecule has 1 aliphatic heterocycles. The summed E-state index contributed by atoms with van der Waals surface area (Å²) in [7, 11) is 0. The third kappa shape index (κ3) is 4.42. The summed E-state index contributed by atoms with van der Waals surface area (Å²) in [6.07, 6.45) is 1.66. The number of nitrogens with zero attached hydrogens (tertiary/aromatic N) is 3. The maximum Gasteiger partial charge on any atom is 0.270 e. The van der Waals surface area contributed by atoms with E-state index in [0.717, 1.165) is 16.8 Å². The normalized spacial score (nSPS) is 15.4. The molecule has 4 rings (SSSR count). The Hall–Kier alpha value is -3.29. The van der Waals surface area contributed by atoms with Crippen molar-refractivity contribution in [1.82, 2.24) is 0 Å². The lowest BCUT2D eigenvalue weighted by Gasteiger charge is -2.17. The third-order valence-electron chi connectivity index (χ3n) is 4.83. The average Bonchev–Trinajstić information content (AvgIpc) is 3.02. The zero-order valence-electron chi connectivity index (χ0n) is 16.9. The van der Waals surface area contributed by atoms with Crippen LogP contribution in [0.1, 0.15) is 16.7 Å². The van der Waals surface area contributed by atoms with E-state index < -0.39 is 0 Å². The third-order valence-corrected chi connectivity index (χ3v) is 6.13. The van der Waals surface area contributed by atoms with Gasteiger partial charge in [-0.2, -0.15) is 10.2 Å². The molecule has 1 amide bonds. The van der Waals surface area contributed by atoms with Crippen LogP contribution >= 0.6 is 24.0 Å². The first kappa shape index (κ1) is 21.0. The number of azo groups is 1. The lowest BCUT2D eigenvalue weighted by molar-refractivity contribution is -0.113. The minimum Gasteiger partial charge on any atom is -0.507 e. The van der Waals surface area contributed by atoms with Crippen molar-refractivity contribution < 1.29 is 9.90 Å². The molecule has 0 bridgehead atoms. The molecule has 0 radical (unpaired) electrons. The number of thioether (sulfide) groups is 1. The largest absolute Gasteiger partial charge is 0.507 e. The Kier molecular flexibility index (Phi) is 5.97. The molecule has 0 saturated carbocycles. The highest BCUT2D eigenvalue weighted by atomic mass is 32.2. The molecule has 7 heteroatoms. The SMILES string of the molecule is Cc1ccccc1N=Nc1ccc(N2C(=O)/C(=C/c3ccccc3O)SC2=S)c(C)c1. The fraction of sp³-hybridized carbons (Fsp3) is 0.0833. The van der Waals surface area contributed by atoms with Crippen LogP contribution in [-0.4, -0.2) is 15.3 Å². The number of carbonyl (C=O) groups excluding carboxylic acids is 1. The predicted octanol–water partition coefficient (Wildman–Crippen LogP) is 6.83. The van der Waals surface area contributed by atoms with Gasteiger partial charge in [-0.15, -0.1) is 0 Å². The van der Waals surface area contributed by atoms with E-state index in [1.165, 1.54) is 16.7 Å². The number of aromatic hydroxyl groups is 1. The number of para-hydroxylation sites is 1. The highest BCUT2D eigenvalue weighted by molar-refractivity contribution is 8.27. The van der Waals surface area contributed by atoms with Crippen molar-refractivity contribution in [2.24, 2.45) is 10.2 Å². The lowest BCUT2D eigenvalue weighted by Crippen LogP contribution is -2.28. The molecule has 1 fully saturated rings. The Morgan fingerprint density at radius 1 is 0.968 bits per heavy atom. The number of benzene rings is 3. The second-order valence-corrected chi connectivity index (χ2v) is 8.71. The molecule has 1 heterocycles. The van der Waals surface area contributed by atoms with Gasteiger partial charge in [0.15, 0.2) is 4.32 Å². The number of aryl methyl sites for hydroxylation is 2. The van der Waals surface area contributed by atoms with Crippen molar-refractivity contribution in [1.29, 1.82) is 0 Å². The molecule has 3 aromatic carbocycles. The standard InChI is InChI=1S/C24H19N3O2S2/c1-15-7-3-5-9-19(15)26-25-18-11-12-20(16(2)13-18)27-23(29)22(31-24(27)30)14-17-8-4-6-10-21(17)28/h3-14,28H,1-2H3/b22-14-,26-25?. The first-order chi connectivity index (χ1) is 14.9. The molecule has 0 spiro atoms. The first-order valence-corrected chi connectivity index (χ1v) is 10.8. The van der Waals surface area contributed by atoms with Gasteiger partial charge in [-0.05, 0) is 61.4 Å². The van der Waals surface area contributed by atoms with Crippen molar-refractivity contribution in [2.45, 2.75) is 13.8 Å². The minimum absolute atomic E-state index is 0.118. The van der Waals surface area contributed by atoms with Gasteiger partial charge in [0.25, 0.3) is 5.91 Å². The number of amides is 1. The number of carbonyl (C=O) groups is 1. The molecule has 0 aromatic heterocycles. The number of hydrogen-bond donors (Lipinski definition) is 1. The maximum atomic E-state index is 13.0. The summed E-state index contributed by atoms with van der Waals surface area (Å²) in [5, 5.41) is 18.7. The molecule has 5 nitrogen and oxygen atoms in total. The Morgan fingerprint density at radius 3 is 2.45 bits per heavy atom. The molecule has 1 N–H and O–H groups in total. The van der Waals surface area contributed by atoms with Crippen LogP contribution in [0.2, 0.25) is 0 Å². The number of thiocarbonyl (C=S) groups is 1. The highest BCUT2D eigenvalue weighted by Gasteiger charge is 2.34. The second-order valence-electron chi connectivity index (χ2n) is 7.03. The van der Waals surface area contributed by atoms with Gasteiger partial charge >= 0.3 is 0 Å². The molecule has 1 saturated heterocycles. The summed E-state index contributed by atoms with van der Waals surface area (Å²) >= 11 is 6.69. The number of phenolic OH excluding ortho intramolecular Hbond substituents is 1. The van der Waals surface area contributed by atoms with Gasteiger partial charge in [0, 0.05) is 5.56 Å². The van der Waals surface area contributed by atoms with Crippen molar-refractivity contribution >= 4 is 57.3 Å². The van der Waals surface area contributed by atoms with Crippen LogP contribution in [0, 0.1) is 13.8 Å². The monoisotopic (exact) mass is 445 g/mol. The quantitative estimate of drug-likeness (QED) is 0.271. The van der Waals surface area contributed by atoms with Gasteiger partial charge in [-0.3, -0.25) is 9.69 Å². The molecule has 154 valence electrons. The van der Waals surface area contributed by atoms with E-state index >= 15 is 0 Å². The summed E-state index contributed by atoms with van der Waals surface area (Å²) in [5.74, 6) is -0.0945. The van der Waals surface area contributed by atoms with E-state index in [0.29, 0.717) is 26.2 Å². The lowest BCUT2D eigenvalue weighted by atomic mass is 10.1. The fourth-order valence-electron chi connectivity index (χ4n) is 3.17. The molecule has 0 unspecified atom stereocenters. The van der Waals surface area contributed by atoms with Crippen molar-refractivity contribution in [3.8, 4) is 5.75 Å². The maximum absolute atomic E-state index is 13.0. The molecule has 31 heavy (non-hydrogen) atoms. The van der Waals surface area contributed by atoms with E-state index in [2.05, 4.69) is 10.2 Å². The van der Waals surface area contributed by atoms with Crippen LogP contribution in [0.4, 0.5) is 17.1 Å². The van der Waals surface area contributed by atoms with Gasteiger partial charge in [0.1, 0.15) is 5.75 Å². The van der Waals surface area contributed by atoms with Crippen LogP contribution in [0.3, 0.4) is 0 Å². The van der Waals surface area contributed by atoms with Gasteiger partial charge in [-0.25, -0.2) is 0 Å². The van der Waals surface area contributed by atoms with E-state index in [1.807, 2.05) is 56.3 Å². The number of rotatable bonds is 4. The van der Waals surface area contributed by atoms with Crippen molar-refractivity contribution in [3.63, 3.8) is 0 Å². The summed E-state index contributed by atoms with van der Waals surface area (Å²) in [5.41, 5.74) is 4.70. The summed E-state index contributed by atoms with van der Waals surface area (Å²) < 4.78 is 0.448. The van der Waals surface area contributed by atoms with Crippen molar-refractivity contribution in [2.75, 3.05) is 4.90 Å². The van der Waals surface area contributed by atoms with Gasteiger partial charge in [-0.1, -0.05) is 60.4 Å². The van der Waals surface area contributed by atoms with Gasteiger partial charge in [0.2, 0.25) is 0 Å². The van der Waals surface area contributed by atoms with Crippen LogP contribution in [-0.2, 0) is 4.79 Å². The Morgan fingerprint density at radius 2 is 1.71 bits per heavy atom. The summed E-state index contributed by atoms with van der Waals surface area (Å²) in [6, 6.07) is 20.2. The minimum atomic E-state index is -0.212. The number of hydrogen-bond acceptors (Lipinski definition) is 6. The highest BCUT2D eigenvalue weighted by Crippen LogP contribution is 2.39. The van der Waals surface area contributed by atoms with E-state index in [-0.39, 0.29) is 11.7 Å². The van der Waals surface area contributed by atoms with Crippen LogP contribution in [0.15, 0.2) is 81.9 Å². The molecule has 0 aliphatic carbocycles. The van der Waals surface area contributed by atoms with Crippen molar-refractivity contribution in [3.05, 3.63) is 88.3 Å². The van der Waals surface area contributed by atoms with Gasteiger partial charge < -0.3 is 5.11 Å². The second kappa shape index (κ2) is 8.83. The average molecular weight is 446 g/mol. The van der Waals surface area contributed by atoms with Gasteiger partial charge in [0.05, 0.1) is 22.0 Å². The Labute approximate surface area is 190 Å². The molecular weight excluding hydrogens is 426 g/mol. The predicted molar refractivity (Wildman–Crippen MR) is 130 cm³/mol. The van der Waals surface area contributed by atoms with Crippen LogP contribution < -0.4 is 4.90 Å².